The van der Waals surface area contributed by atoms with Gasteiger partial charge in [-0.05, 0) is 11.1 Å². The van der Waals surface area contributed by atoms with Crippen LogP contribution in [0.4, 0.5) is 4.39 Å². The first-order valence-electron chi connectivity index (χ1n) is 7.95. The monoisotopic (exact) mass is 350 g/mol. The third kappa shape index (κ3) is 4.54. The van der Waals surface area contributed by atoms with E-state index in [4.69, 9.17) is 25.8 Å². The highest BCUT2D eigenvalue weighted by atomic mass is 35.5. The van der Waals surface area contributed by atoms with Gasteiger partial charge < -0.3 is 14.2 Å². The fraction of sp³-hybridized carbons (Fsp3) is 0.368. The first-order chi connectivity index (χ1) is 11.7. The van der Waals surface area contributed by atoms with Gasteiger partial charge in [0.05, 0.1) is 19.8 Å². The van der Waals surface area contributed by atoms with E-state index in [1.54, 1.807) is 0 Å². The van der Waals surface area contributed by atoms with Gasteiger partial charge in [0, 0.05) is 0 Å². The molecule has 0 unspecified atom stereocenters. The highest BCUT2D eigenvalue weighted by Crippen LogP contribution is 2.30. The predicted octanol–water partition coefficient (Wildman–Crippen LogP) is 4.09. The molecule has 0 saturated carbocycles. The molecule has 1 heterocycles. The zero-order valence-corrected chi connectivity index (χ0v) is 13.9. The molecule has 0 spiro atoms. The molecule has 0 aliphatic carbocycles. The Balaban J connectivity index is 1.52. The van der Waals surface area contributed by atoms with Gasteiger partial charge in [0.2, 0.25) is 0 Å². The van der Waals surface area contributed by atoms with Gasteiger partial charge in [-0.2, -0.15) is 0 Å². The Hall–Kier alpha value is -1.46. The average molecular weight is 351 g/mol. The van der Waals surface area contributed by atoms with Crippen molar-refractivity contribution in [2.24, 2.45) is 0 Å². The largest absolute Gasteiger partial charge is 0.374 e. The fourth-order valence-corrected chi connectivity index (χ4v) is 2.92. The van der Waals surface area contributed by atoms with Crippen LogP contribution in [0, 0.1) is 0 Å². The standard InChI is InChI=1S/C19H20ClFO3/c20-19-17(21)18(23-12-15-9-5-2-6-10-15)16(24-19)13-22-11-14-7-3-1-4-8-14/h1-10,16-19H,11-13H2/t16-,17+,18+,19-/m1/s1. The zero-order chi connectivity index (χ0) is 16.8. The summed E-state index contributed by atoms with van der Waals surface area (Å²) in [5.41, 5.74) is 1.03. The number of ether oxygens (including phenoxy) is 3. The van der Waals surface area contributed by atoms with Crippen molar-refractivity contribution in [1.29, 1.82) is 0 Å². The topological polar surface area (TPSA) is 27.7 Å². The van der Waals surface area contributed by atoms with Crippen molar-refractivity contribution >= 4 is 11.6 Å². The lowest BCUT2D eigenvalue weighted by Crippen LogP contribution is -2.34. The Bertz CT molecular complexity index is 611. The minimum Gasteiger partial charge on any atom is -0.374 e. The third-order valence-electron chi connectivity index (χ3n) is 3.91. The number of hydrogen-bond donors (Lipinski definition) is 0. The highest BCUT2D eigenvalue weighted by molar-refractivity contribution is 6.20. The summed E-state index contributed by atoms with van der Waals surface area (Å²) in [5, 5.41) is 0. The molecule has 1 saturated heterocycles. The van der Waals surface area contributed by atoms with Gasteiger partial charge in [-0.15, -0.1) is 0 Å². The lowest BCUT2D eigenvalue weighted by atomic mass is 10.1. The molecule has 1 fully saturated rings. The van der Waals surface area contributed by atoms with Crippen molar-refractivity contribution in [2.75, 3.05) is 6.61 Å². The normalized spacial score (nSPS) is 26.6. The molecular weight excluding hydrogens is 331 g/mol. The van der Waals surface area contributed by atoms with E-state index in [1.807, 2.05) is 60.7 Å². The molecular formula is C19H20ClFO3. The summed E-state index contributed by atoms with van der Waals surface area (Å²) in [7, 11) is 0. The third-order valence-corrected chi connectivity index (χ3v) is 4.26. The number of alkyl halides is 2. The fourth-order valence-electron chi connectivity index (χ4n) is 2.64. The van der Waals surface area contributed by atoms with Crippen LogP contribution < -0.4 is 0 Å². The molecule has 1 aliphatic rings. The van der Waals surface area contributed by atoms with Crippen LogP contribution in [-0.4, -0.2) is 30.5 Å². The van der Waals surface area contributed by atoms with Crippen molar-refractivity contribution in [3.05, 3.63) is 71.8 Å². The van der Waals surface area contributed by atoms with Gasteiger partial charge >= 0.3 is 0 Å². The highest BCUT2D eigenvalue weighted by Gasteiger charge is 2.45. The second-order valence-electron chi connectivity index (χ2n) is 5.73. The maximum absolute atomic E-state index is 14.2. The molecule has 0 aromatic heterocycles. The van der Waals surface area contributed by atoms with Gasteiger partial charge in [0.1, 0.15) is 12.2 Å². The first-order valence-corrected chi connectivity index (χ1v) is 8.38. The Morgan fingerprint density at radius 2 is 1.50 bits per heavy atom. The molecule has 2 aromatic rings. The number of rotatable bonds is 7. The lowest BCUT2D eigenvalue weighted by Gasteiger charge is -2.20. The summed E-state index contributed by atoms with van der Waals surface area (Å²) >= 11 is 5.90. The SMILES string of the molecule is F[C@H]1[C@@H](OCc2ccccc2)[C@@H](COCc2ccccc2)O[C@H]1Cl. The second kappa shape index (κ2) is 8.58. The zero-order valence-electron chi connectivity index (χ0n) is 13.2. The lowest BCUT2D eigenvalue weighted by molar-refractivity contribution is -0.0685. The maximum Gasteiger partial charge on any atom is 0.169 e. The molecule has 0 bridgehead atoms. The summed E-state index contributed by atoms with van der Waals surface area (Å²) < 4.78 is 31.1. The summed E-state index contributed by atoms with van der Waals surface area (Å²) in [6.45, 7) is 0.988. The van der Waals surface area contributed by atoms with Crippen LogP contribution in [0.2, 0.25) is 0 Å². The number of hydrogen-bond acceptors (Lipinski definition) is 3. The molecule has 4 atom stereocenters. The Morgan fingerprint density at radius 1 is 0.917 bits per heavy atom. The van der Waals surface area contributed by atoms with Gasteiger partial charge in [-0.3, -0.25) is 0 Å². The van der Waals surface area contributed by atoms with Gasteiger partial charge in [0.25, 0.3) is 0 Å². The van der Waals surface area contributed by atoms with E-state index in [-0.39, 0.29) is 6.61 Å². The average Bonchev–Trinajstić information content (AvgIpc) is 2.89. The molecule has 1 aliphatic heterocycles. The minimum atomic E-state index is -1.37. The van der Waals surface area contributed by atoms with Gasteiger partial charge in [-0.25, -0.2) is 4.39 Å². The first kappa shape index (κ1) is 17.4. The van der Waals surface area contributed by atoms with E-state index in [1.165, 1.54) is 0 Å². The summed E-state index contributed by atoms with van der Waals surface area (Å²) in [6.07, 6.45) is -2.63. The predicted molar refractivity (Wildman–Crippen MR) is 90.5 cm³/mol. The summed E-state index contributed by atoms with van der Waals surface area (Å²) in [5.74, 6) is 0. The van der Waals surface area contributed by atoms with Crippen molar-refractivity contribution in [3.8, 4) is 0 Å². The molecule has 3 rings (SSSR count). The van der Waals surface area contributed by atoms with Gasteiger partial charge in [-0.1, -0.05) is 72.3 Å². The second-order valence-corrected chi connectivity index (χ2v) is 6.16. The van der Waals surface area contributed by atoms with Crippen LogP contribution in [0.25, 0.3) is 0 Å². The van der Waals surface area contributed by atoms with Crippen molar-refractivity contribution < 1.29 is 18.6 Å². The Morgan fingerprint density at radius 3 is 2.12 bits per heavy atom. The molecule has 0 N–H and O–H groups in total. The van der Waals surface area contributed by atoms with E-state index in [2.05, 4.69) is 0 Å². The van der Waals surface area contributed by atoms with Crippen LogP contribution in [-0.2, 0) is 27.4 Å². The van der Waals surface area contributed by atoms with Crippen molar-refractivity contribution in [2.45, 2.75) is 37.2 Å². The minimum absolute atomic E-state index is 0.234. The summed E-state index contributed by atoms with van der Waals surface area (Å²) in [6, 6.07) is 19.4. The summed E-state index contributed by atoms with van der Waals surface area (Å²) in [4.78, 5) is 0. The van der Waals surface area contributed by atoms with Crippen LogP contribution in [0.1, 0.15) is 11.1 Å². The van der Waals surface area contributed by atoms with E-state index in [9.17, 15) is 4.39 Å². The van der Waals surface area contributed by atoms with E-state index >= 15 is 0 Å². The molecule has 24 heavy (non-hydrogen) atoms. The van der Waals surface area contributed by atoms with Crippen LogP contribution in [0.3, 0.4) is 0 Å². The van der Waals surface area contributed by atoms with Crippen molar-refractivity contribution in [1.82, 2.24) is 0 Å². The smallest absolute Gasteiger partial charge is 0.169 e. The Kier molecular flexibility index (Phi) is 6.21. The molecule has 5 heteroatoms. The molecule has 128 valence electrons. The Labute approximate surface area is 146 Å². The van der Waals surface area contributed by atoms with E-state index in [0.29, 0.717) is 13.2 Å². The quantitative estimate of drug-likeness (QED) is 0.704. The van der Waals surface area contributed by atoms with E-state index in [0.717, 1.165) is 11.1 Å². The van der Waals surface area contributed by atoms with E-state index < -0.39 is 23.9 Å². The molecule has 0 amide bonds. The molecule has 0 radical (unpaired) electrons. The number of benzene rings is 2. The van der Waals surface area contributed by atoms with Crippen molar-refractivity contribution in [3.63, 3.8) is 0 Å². The van der Waals surface area contributed by atoms with Crippen LogP contribution >= 0.6 is 11.6 Å². The van der Waals surface area contributed by atoms with Crippen LogP contribution in [0.15, 0.2) is 60.7 Å². The number of halogens is 2. The molecule has 2 aromatic carbocycles. The van der Waals surface area contributed by atoms with Crippen LogP contribution in [0.5, 0.6) is 0 Å². The van der Waals surface area contributed by atoms with Gasteiger partial charge in [0.15, 0.2) is 11.7 Å². The maximum atomic E-state index is 14.2. The molecule has 3 nitrogen and oxygen atoms in total.